The minimum absolute atomic E-state index is 0.114. The highest BCUT2D eigenvalue weighted by atomic mass is 16.5. The van der Waals surface area contributed by atoms with E-state index in [4.69, 9.17) is 4.74 Å². The van der Waals surface area contributed by atoms with E-state index in [1.54, 1.807) is 6.92 Å². The Hall–Kier alpha value is -1.85. The molecule has 1 N–H and O–H groups in total. The molecule has 0 radical (unpaired) electrons. The van der Waals surface area contributed by atoms with Crippen molar-refractivity contribution < 1.29 is 19.1 Å². The van der Waals surface area contributed by atoms with E-state index in [9.17, 15) is 14.4 Å². The van der Waals surface area contributed by atoms with Crippen LogP contribution in [-0.2, 0) is 19.1 Å². The average molecular weight is 469 g/mol. The highest BCUT2D eigenvalue weighted by Gasteiger charge is 2.25. The van der Waals surface area contributed by atoms with Crippen molar-refractivity contribution in [1.82, 2.24) is 10.2 Å². The molecule has 0 rings (SSSR count). The van der Waals surface area contributed by atoms with Gasteiger partial charge in [-0.3, -0.25) is 19.3 Å². The number of hydrogen-bond acceptors (Lipinski definition) is 4. The normalized spacial score (nSPS) is 11.8. The minimum Gasteiger partial charge on any atom is -0.501 e. The van der Waals surface area contributed by atoms with E-state index in [-0.39, 0.29) is 23.8 Å². The van der Waals surface area contributed by atoms with Crippen LogP contribution in [0.4, 0.5) is 0 Å². The summed E-state index contributed by atoms with van der Waals surface area (Å²) in [6, 6.07) is -0.183. The van der Waals surface area contributed by atoms with Gasteiger partial charge in [-0.05, 0) is 46.0 Å². The molecule has 0 spiro atoms. The predicted octanol–water partition coefficient (Wildman–Crippen LogP) is 6.53. The van der Waals surface area contributed by atoms with Gasteiger partial charge >= 0.3 is 0 Å². The number of nitrogens with zero attached hydrogens (tertiary/aromatic N) is 1. The van der Waals surface area contributed by atoms with Gasteiger partial charge in [0, 0.05) is 31.5 Å². The second-order valence-corrected chi connectivity index (χ2v) is 8.38. The lowest BCUT2D eigenvalue weighted by Gasteiger charge is -2.27. The Balaban J connectivity index is 0. The van der Waals surface area contributed by atoms with Crippen LogP contribution in [0.25, 0.3) is 0 Å². The van der Waals surface area contributed by atoms with E-state index in [0.717, 1.165) is 57.8 Å². The SMILES string of the molecule is CC.CCCCCCC(=O)NCCCC[C@@H](C)N(C(=O)/C=C(\C)OC)C(=O)CCCCCC. The van der Waals surface area contributed by atoms with Crippen molar-refractivity contribution in [3.8, 4) is 0 Å². The maximum absolute atomic E-state index is 12.8. The second-order valence-electron chi connectivity index (χ2n) is 8.38. The molecule has 0 saturated carbocycles. The zero-order valence-electron chi connectivity index (χ0n) is 22.6. The van der Waals surface area contributed by atoms with Gasteiger partial charge in [0.2, 0.25) is 11.8 Å². The molecule has 0 unspecified atom stereocenters. The maximum atomic E-state index is 12.8. The van der Waals surface area contributed by atoms with Gasteiger partial charge in [-0.15, -0.1) is 0 Å². The van der Waals surface area contributed by atoms with Crippen molar-refractivity contribution >= 4 is 17.7 Å². The molecule has 0 aliphatic heterocycles. The summed E-state index contributed by atoms with van der Waals surface area (Å²) in [5.41, 5.74) is 0. The summed E-state index contributed by atoms with van der Waals surface area (Å²) in [5.74, 6) is 0.174. The third-order valence-corrected chi connectivity index (χ3v) is 5.47. The standard InChI is InChI=1S/C25H46N2O4.C2H6/c1-6-8-10-12-17-23(28)26-19-15-14-16-21(3)27(25(30)20-22(4)31-5)24(29)18-13-11-9-7-2;1-2/h20-21H,6-19H2,1-5H3,(H,26,28);1-2H3/b22-20+;/t21-;/m1./s1. The number of rotatable bonds is 18. The van der Waals surface area contributed by atoms with Crippen molar-refractivity contribution in [2.24, 2.45) is 0 Å². The number of methoxy groups -OCH3 is 1. The molecule has 0 bridgehead atoms. The molecule has 1 atom stereocenters. The fraction of sp³-hybridized carbons (Fsp3) is 0.815. The van der Waals surface area contributed by atoms with Gasteiger partial charge in [-0.1, -0.05) is 66.2 Å². The van der Waals surface area contributed by atoms with Gasteiger partial charge in [0.1, 0.15) is 0 Å². The van der Waals surface area contributed by atoms with Gasteiger partial charge in [0.05, 0.1) is 12.9 Å². The molecule has 194 valence electrons. The molecule has 6 nitrogen and oxygen atoms in total. The van der Waals surface area contributed by atoms with Gasteiger partial charge in [-0.2, -0.15) is 0 Å². The molecular formula is C27H52N2O4. The third kappa shape index (κ3) is 18.3. The van der Waals surface area contributed by atoms with Crippen molar-refractivity contribution in [3.63, 3.8) is 0 Å². The molecule has 0 heterocycles. The third-order valence-electron chi connectivity index (χ3n) is 5.47. The molecule has 0 aromatic heterocycles. The fourth-order valence-corrected chi connectivity index (χ4v) is 3.43. The largest absolute Gasteiger partial charge is 0.501 e. The Kier molecular flexibility index (Phi) is 23.5. The number of amides is 3. The van der Waals surface area contributed by atoms with Crippen LogP contribution in [0, 0.1) is 0 Å². The molecule has 0 fully saturated rings. The average Bonchev–Trinajstić information content (AvgIpc) is 2.80. The minimum atomic E-state index is -0.312. The van der Waals surface area contributed by atoms with Crippen molar-refractivity contribution in [1.29, 1.82) is 0 Å². The Bertz CT molecular complexity index is 546. The Morgan fingerprint density at radius 1 is 0.879 bits per heavy atom. The van der Waals surface area contributed by atoms with Crippen LogP contribution in [0.15, 0.2) is 11.8 Å². The number of imide groups is 1. The van der Waals surface area contributed by atoms with Crippen LogP contribution in [0.1, 0.15) is 125 Å². The number of carbonyl (C=O) groups excluding carboxylic acids is 3. The number of hydrogen-bond donors (Lipinski definition) is 1. The summed E-state index contributed by atoms with van der Waals surface area (Å²) in [5, 5.41) is 2.97. The highest BCUT2D eigenvalue weighted by molar-refractivity contribution is 6.01. The lowest BCUT2D eigenvalue weighted by Crippen LogP contribution is -2.42. The predicted molar refractivity (Wildman–Crippen MR) is 138 cm³/mol. The molecule has 0 aliphatic rings. The molecule has 0 aromatic carbocycles. The summed E-state index contributed by atoms with van der Waals surface area (Å²) in [4.78, 5) is 38.7. The van der Waals surface area contributed by atoms with Crippen LogP contribution in [0.5, 0.6) is 0 Å². The summed E-state index contributed by atoms with van der Waals surface area (Å²) < 4.78 is 5.08. The van der Waals surface area contributed by atoms with Gasteiger partial charge in [-0.25, -0.2) is 0 Å². The zero-order chi connectivity index (χ0) is 25.5. The lowest BCUT2D eigenvalue weighted by atomic mass is 10.1. The van der Waals surface area contributed by atoms with Gasteiger partial charge in [0.15, 0.2) is 0 Å². The van der Waals surface area contributed by atoms with E-state index in [0.29, 0.717) is 25.1 Å². The second kappa shape index (κ2) is 23.3. The van der Waals surface area contributed by atoms with Crippen LogP contribution >= 0.6 is 0 Å². The Labute approximate surface area is 203 Å². The van der Waals surface area contributed by atoms with Crippen molar-refractivity contribution in [2.75, 3.05) is 13.7 Å². The number of ether oxygens (including phenoxy) is 1. The van der Waals surface area contributed by atoms with Crippen molar-refractivity contribution in [3.05, 3.63) is 11.8 Å². The van der Waals surface area contributed by atoms with E-state index >= 15 is 0 Å². The quantitative estimate of drug-likeness (QED) is 0.141. The lowest BCUT2D eigenvalue weighted by molar-refractivity contribution is -0.144. The van der Waals surface area contributed by atoms with Crippen LogP contribution in [-0.4, -0.2) is 42.3 Å². The summed E-state index contributed by atoms with van der Waals surface area (Å²) in [6.07, 6.45) is 13.2. The molecule has 33 heavy (non-hydrogen) atoms. The summed E-state index contributed by atoms with van der Waals surface area (Å²) >= 11 is 0. The number of nitrogens with one attached hydrogen (secondary N) is 1. The first-order valence-electron chi connectivity index (χ1n) is 13.2. The molecule has 6 heteroatoms. The van der Waals surface area contributed by atoms with Crippen molar-refractivity contribution in [2.45, 2.75) is 131 Å². The van der Waals surface area contributed by atoms with E-state index in [1.807, 2.05) is 20.8 Å². The summed E-state index contributed by atoms with van der Waals surface area (Å²) in [7, 11) is 1.51. The topological polar surface area (TPSA) is 75.7 Å². The van der Waals surface area contributed by atoms with Crippen LogP contribution in [0.2, 0.25) is 0 Å². The van der Waals surface area contributed by atoms with Gasteiger partial charge in [0.25, 0.3) is 5.91 Å². The first kappa shape index (κ1) is 33.3. The molecule has 0 aliphatic carbocycles. The molecule has 3 amide bonds. The van der Waals surface area contributed by atoms with E-state index < -0.39 is 0 Å². The van der Waals surface area contributed by atoms with E-state index in [1.165, 1.54) is 30.9 Å². The van der Waals surface area contributed by atoms with Crippen LogP contribution in [0.3, 0.4) is 0 Å². The zero-order valence-corrected chi connectivity index (χ0v) is 22.6. The van der Waals surface area contributed by atoms with E-state index in [2.05, 4.69) is 19.2 Å². The smallest absolute Gasteiger partial charge is 0.256 e. The number of carbonyl (C=O) groups is 3. The molecule has 0 saturated heterocycles. The number of allylic oxidation sites excluding steroid dienone is 1. The fourth-order valence-electron chi connectivity index (χ4n) is 3.43. The Morgan fingerprint density at radius 3 is 2.00 bits per heavy atom. The highest BCUT2D eigenvalue weighted by Crippen LogP contribution is 2.14. The first-order chi connectivity index (χ1) is 15.9. The first-order valence-corrected chi connectivity index (χ1v) is 13.2. The summed E-state index contributed by atoms with van der Waals surface area (Å²) in [6.45, 7) is 12.6. The number of unbranched alkanes of at least 4 members (excludes halogenated alkanes) is 7. The van der Waals surface area contributed by atoms with Gasteiger partial charge < -0.3 is 10.1 Å². The monoisotopic (exact) mass is 468 g/mol. The molecule has 0 aromatic rings. The van der Waals surface area contributed by atoms with Crippen LogP contribution < -0.4 is 5.32 Å². The maximum Gasteiger partial charge on any atom is 0.256 e. The Morgan fingerprint density at radius 2 is 1.45 bits per heavy atom. The molecular weight excluding hydrogens is 416 g/mol.